The normalized spacial score (nSPS) is 20.8. The molecule has 2 atom stereocenters. The molecule has 1 amide bonds. The van der Waals surface area contributed by atoms with Gasteiger partial charge < -0.3 is 19.2 Å². The average molecular weight is 330 g/mol. The number of amides is 1. The summed E-state index contributed by atoms with van der Waals surface area (Å²) >= 11 is 0. The Balaban J connectivity index is 1.61. The van der Waals surface area contributed by atoms with Gasteiger partial charge >= 0.3 is 0 Å². The first-order chi connectivity index (χ1) is 11.6. The predicted octanol–water partition coefficient (Wildman–Crippen LogP) is 2.40. The van der Waals surface area contributed by atoms with Crippen molar-refractivity contribution < 1.29 is 18.7 Å². The highest BCUT2D eigenvalue weighted by atomic mass is 16.5. The number of pyridine rings is 1. The number of ether oxygens (including phenoxy) is 2. The molecule has 128 valence electrons. The molecule has 1 saturated heterocycles. The van der Waals surface area contributed by atoms with Crippen LogP contribution in [0.1, 0.15) is 34.0 Å². The van der Waals surface area contributed by atoms with E-state index in [9.17, 15) is 4.79 Å². The third kappa shape index (κ3) is 4.01. The maximum Gasteiger partial charge on any atom is 0.255 e. The fourth-order valence-electron chi connectivity index (χ4n) is 2.82. The Labute approximate surface area is 141 Å². The summed E-state index contributed by atoms with van der Waals surface area (Å²) in [7, 11) is 0. The molecule has 0 bridgehead atoms. The molecule has 3 heterocycles. The van der Waals surface area contributed by atoms with E-state index in [-0.39, 0.29) is 18.1 Å². The molecule has 24 heavy (non-hydrogen) atoms. The van der Waals surface area contributed by atoms with Crippen molar-refractivity contribution in [2.75, 3.05) is 13.2 Å². The molecule has 3 rings (SSSR count). The summed E-state index contributed by atoms with van der Waals surface area (Å²) in [4.78, 5) is 16.7. The lowest BCUT2D eigenvalue weighted by Gasteiger charge is -2.32. The number of aryl methyl sites for hydroxylation is 2. The molecule has 1 aliphatic heterocycles. The highest BCUT2D eigenvalue weighted by molar-refractivity contribution is 5.95. The zero-order valence-corrected chi connectivity index (χ0v) is 14.0. The summed E-state index contributed by atoms with van der Waals surface area (Å²) < 4.78 is 16.9. The number of carbonyl (C=O) groups excluding carboxylic acids is 1. The van der Waals surface area contributed by atoms with E-state index in [2.05, 4.69) is 10.3 Å². The quantitative estimate of drug-likeness (QED) is 0.911. The lowest BCUT2D eigenvalue weighted by molar-refractivity contribution is -0.0743. The minimum absolute atomic E-state index is 0.0930. The minimum atomic E-state index is -0.196. The minimum Gasteiger partial charge on any atom is -0.466 e. The molecule has 0 aromatic carbocycles. The number of hydrogen-bond donors (Lipinski definition) is 1. The topological polar surface area (TPSA) is 73.6 Å². The first-order valence-corrected chi connectivity index (χ1v) is 8.10. The van der Waals surface area contributed by atoms with Crippen LogP contribution >= 0.6 is 0 Å². The van der Waals surface area contributed by atoms with Crippen LogP contribution in [0.5, 0.6) is 0 Å². The van der Waals surface area contributed by atoms with Gasteiger partial charge in [0.1, 0.15) is 17.6 Å². The molecule has 1 aliphatic rings. The van der Waals surface area contributed by atoms with Crippen molar-refractivity contribution in [3.05, 3.63) is 53.2 Å². The third-order valence-electron chi connectivity index (χ3n) is 4.08. The summed E-state index contributed by atoms with van der Waals surface area (Å²) in [6, 6.07) is 7.37. The van der Waals surface area contributed by atoms with E-state index < -0.39 is 0 Å². The van der Waals surface area contributed by atoms with Gasteiger partial charge in [-0.15, -0.1) is 0 Å². The Hall–Kier alpha value is -2.18. The second-order valence-corrected chi connectivity index (χ2v) is 5.94. The highest BCUT2D eigenvalue weighted by Gasteiger charge is 2.29. The molecule has 1 N–H and O–H groups in total. The molecule has 2 aromatic rings. The van der Waals surface area contributed by atoms with Gasteiger partial charge in [0.15, 0.2) is 0 Å². The molecular weight excluding hydrogens is 308 g/mol. The second-order valence-electron chi connectivity index (χ2n) is 5.94. The van der Waals surface area contributed by atoms with Gasteiger partial charge in [0.2, 0.25) is 0 Å². The van der Waals surface area contributed by atoms with Gasteiger partial charge in [-0.25, -0.2) is 0 Å². The van der Waals surface area contributed by atoms with Crippen LogP contribution in [0, 0.1) is 13.8 Å². The van der Waals surface area contributed by atoms with E-state index >= 15 is 0 Å². The number of nitrogens with zero attached hydrogens (tertiary/aromatic N) is 1. The Bertz CT molecular complexity index is 684. The van der Waals surface area contributed by atoms with Crippen LogP contribution in [0.15, 0.2) is 34.9 Å². The SMILES string of the molecule is Cc1cc(C(=O)N[C@@H]2CCOC[C@H]2OCc2ccccn2)c(C)o1. The highest BCUT2D eigenvalue weighted by Crippen LogP contribution is 2.17. The van der Waals surface area contributed by atoms with Crippen LogP contribution in [-0.2, 0) is 16.1 Å². The molecule has 0 spiro atoms. The van der Waals surface area contributed by atoms with Crippen LogP contribution in [0.25, 0.3) is 0 Å². The molecule has 0 radical (unpaired) electrons. The Morgan fingerprint density at radius 1 is 1.42 bits per heavy atom. The molecule has 2 aromatic heterocycles. The smallest absolute Gasteiger partial charge is 0.255 e. The van der Waals surface area contributed by atoms with Gasteiger partial charge in [-0.2, -0.15) is 0 Å². The summed E-state index contributed by atoms with van der Waals surface area (Å²) in [5.74, 6) is 1.22. The second kappa shape index (κ2) is 7.59. The first-order valence-electron chi connectivity index (χ1n) is 8.10. The standard InChI is InChI=1S/C18H22N2O4/c1-12-9-15(13(2)24-12)18(21)20-16-6-8-22-11-17(16)23-10-14-5-3-4-7-19-14/h3-5,7,9,16-17H,6,8,10-11H2,1-2H3,(H,20,21)/t16-,17-/m1/s1. The molecule has 0 aliphatic carbocycles. The number of aromatic nitrogens is 1. The fraction of sp³-hybridized carbons (Fsp3) is 0.444. The van der Waals surface area contributed by atoms with E-state index in [0.717, 1.165) is 11.5 Å². The summed E-state index contributed by atoms with van der Waals surface area (Å²) in [6.07, 6.45) is 2.26. The third-order valence-corrected chi connectivity index (χ3v) is 4.08. The van der Waals surface area contributed by atoms with Gasteiger partial charge in [-0.1, -0.05) is 6.07 Å². The van der Waals surface area contributed by atoms with Gasteiger partial charge in [0, 0.05) is 12.8 Å². The maximum absolute atomic E-state index is 12.5. The molecule has 6 heteroatoms. The molecule has 6 nitrogen and oxygen atoms in total. The van der Waals surface area contributed by atoms with E-state index in [1.807, 2.05) is 25.1 Å². The van der Waals surface area contributed by atoms with Gasteiger partial charge in [-0.3, -0.25) is 9.78 Å². The Morgan fingerprint density at radius 2 is 2.29 bits per heavy atom. The van der Waals surface area contributed by atoms with Crippen LogP contribution < -0.4 is 5.32 Å². The molecule has 0 saturated carbocycles. The number of carbonyl (C=O) groups is 1. The number of nitrogens with one attached hydrogen (secondary N) is 1. The van der Waals surface area contributed by atoms with Crippen LogP contribution in [0.4, 0.5) is 0 Å². The lowest BCUT2D eigenvalue weighted by Crippen LogP contribution is -2.50. The first kappa shape index (κ1) is 16.7. The lowest BCUT2D eigenvalue weighted by atomic mass is 10.1. The van der Waals surface area contributed by atoms with Crippen molar-refractivity contribution >= 4 is 5.91 Å². The van der Waals surface area contributed by atoms with Crippen LogP contribution in [-0.4, -0.2) is 36.3 Å². The summed E-state index contributed by atoms with van der Waals surface area (Å²) in [6.45, 7) is 5.09. The maximum atomic E-state index is 12.5. The predicted molar refractivity (Wildman–Crippen MR) is 87.7 cm³/mol. The van der Waals surface area contributed by atoms with Crippen molar-refractivity contribution in [3.63, 3.8) is 0 Å². The fourth-order valence-corrected chi connectivity index (χ4v) is 2.82. The monoisotopic (exact) mass is 330 g/mol. The summed E-state index contributed by atoms with van der Waals surface area (Å²) in [5.41, 5.74) is 1.43. The largest absolute Gasteiger partial charge is 0.466 e. The van der Waals surface area contributed by atoms with Crippen molar-refractivity contribution in [1.82, 2.24) is 10.3 Å². The average Bonchev–Trinajstić information content (AvgIpc) is 2.93. The van der Waals surface area contributed by atoms with Gasteiger partial charge in [-0.05, 0) is 38.5 Å². The number of furan rings is 1. The zero-order chi connectivity index (χ0) is 16.9. The van der Waals surface area contributed by atoms with Crippen molar-refractivity contribution in [3.8, 4) is 0 Å². The van der Waals surface area contributed by atoms with Crippen molar-refractivity contribution in [1.29, 1.82) is 0 Å². The van der Waals surface area contributed by atoms with Gasteiger partial charge in [0.25, 0.3) is 5.91 Å². The van der Waals surface area contributed by atoms with E-state index in [4.69, 9.17) is 13.9 Å². The molecular formula is C18H22N2O4. The van der Waals surface area contributed by atoms with E-state index in [1.54, 1.807) is 19.2 Å². The van der Waals surface area contributed by atoms with Crippen LogP contribution in [0.2, 0.25) is 0 Å². The van der Waals surface area contributed by atoms with E-state index in [0.29, 0.717) is 37.6 Å². The van der Waals surface area contributed by atoms with Crippen molar-refractivity contribution in [2.45, 2.75) is 39.0 Å². The van der Waals surface area contributed by atoms with E-state index in [1.165, 1.54) is 0 Å². The molecule has 0 unspecified atom stereocenters. The summed E-state index contributed by atoms with van der Waals surface area (Å²) in [5, 5.41) is 3.05. The van der Waals surface area contributed by atoms with Crippen LogP contribution in [0.3, 0.4) is 0 Å². The van der Waals surface area contributed by atoms with Gasteiger partial charge in [0.05, 0.1) is 30.5 Å². The Kier molecular flexibility index (Phi) is 5.27. The number of rotatable bonds is 5. The zero-order valence-electron chi connectivity index (χ0n) is 14.0. The van der Waals surface area contributed by atoms with Crippen molar-refractivity contribution in [2.24, 2.45) is 0 Å². The molecule has 1 fully saturated rings. The number of hydrogen-bond acceptors (Lipinski definition) is 5. The Morgan fingerprint density at radius 3 is 3.00 bits per heavy atom.